The number of carboxylic acids is 1. The third kappa shape index (κ3) is 2.86. The van der Waals surface area contributed by atoms with Gasteiger partial charge in [-0.3, -0.25) is 0 Å². The summed E-state index contributed by atoms with van der Waals surface area (Å²) >= 11 is 6.17. The lowest BCUT2D eigenvalue weighted by atomic mass is 10.0. The van der Waals surface area contributed by atoms with E-state index in [4.69, 9.17) is 21.4 Å². The van der Waals surface area contributed by atoms with E-state index in [0.29, 0.717) is 28.5 Å². The van der Waals surface area contributed by atoms with Crippen LogP contribution in [0.15, 0.2) is 36.4 Å². The van der Waals surface area contributed by atoms with Gasteiger partial charge in [-0.2, -0.15) is 0 Å². The second kappa shape index (κ2) is 5.84. The minimum Gasteiger partial charge on any atom is -0.507 e. The maximum atomic E-state index is 10.8. The zero-order valence-electron chi connectivity index (χ0n) is 10.8. The van der Waals surface area contributed by atoms with Crippen LogP contribution in [0.2, 0.25) is 5.02 Å². The Morgan fingerprint density at radius 3 is 2.45 bits per heavy atom. The van der Waals surface area contributed by atoms with Crippen LogP contribution in [0.5, 0.6) is 11.5 Å². The third-order valence-electron chi connectivity index (χ3n) is 2.79. The predicted octanol–water partition coefficient (Wildman–Crippen LogP) is 3.81. The molecule has 2 aromatic rings. The van der Waals surface area contributed by atoms with E-state index in [1.54, 1.807) is 18.2 Å². The normalized spacial score (nSPS) is 10.3. The first kappa shape index (κ1) is 14.2. The molecular formula is C15H13ClO4. The predicted molar refractivity (Wildman–Crippen MR) is 76.7 cm³/mol. The molecule has 4 nitrogen and oxygen atoms in total. The van der Waals surface area contributed by atoms with Crippen molar-refractivity contribution in [1.29, 1.82) is 0 Å². The Kier molecular flexibility index (Phi) is 4.15. The van der Waals surface area contributed by atoms with Crippen LogP contribution in [0, 0.1) is 0 Å². The van der Waals surface area contributed by atoms with Gasteiger partial charge < -0.3 is 14.9 Å². The molecule has 0 saturated carbocycles. The van der Waals surface area contributed by atoms with E-state index in [1.165, 1.54) is 18.2 Å². The van der Waals surface area contributed by atoms with Crippen molar-refractivity contribution in [1.82, 2.24) is 0 Å². The van der Waals surface area contributed by atoms with Gasteiger partial charge in [-0.15, -0.1) is 0 Å². The Morgan fingerprint density at radius 1 is 1.20 bits per heavy atom. The molecule has 20 heavy (non-hydrogen) atoms. The Morgan fingerprint density at radius 2 is 1.90 bits per heavy atom. The molecule has 0 fully saturated rings. The van der Waals surface area contributed by atoms with Gasteiger partial charge in [-0.25, -0.2) is 4.79 Å². The molecule has 0 saturated heterocycles. The van der Waals surface area contributed by atoms with Gasteiger partial charge in [0, 0.05) is 11.1 Å². The number of hydrogen-bond acceptors (Lipinski definition) is 3. The largest absolute Gasteiger partial charge is 0.507 e. The average molecular weight is 293 g/mol. The summed E-state index contributed by atoms with van der Waals surface area (Å²) < 4.78 is 5.33. The molecule has 104 valence electrons. The molecule has 0 aliphatic heterocycles. The highest BCUT2D eigenvalue weighted by Gasteiger charge is 2.12. The molecule has 2 N–H and O–H groups in total. The SMILES string of the molecule is CCOc1ccc(-c2ccc(C(=O)O)cc2O)c(Cl)c1. The zero-order chi connectivity index (χ0) is 14.7. The molecule has 0 aromatic heterocycles. The molecule has 5 heteroatoms. The summed E-state index contributed by atoms with van der Waals surface area (Å²) in [4.78, 5) is 10.8. The number of carbonyl (C=O) groups is 1. The lowest BCUT2D eigenvalue weighted by Crippen LogP contribution is -1.96. The minimum absolute atomic E-state index is 0.0216. The number of ether oxygens (including phenoxy) is 1. The standard InChI is InChI=1S/C15H13ClO4/c1-2-20-10-4-6-11(13(16)8-10)12-5-3-9(15(18)19)7-14(12)17/h3-8,17H,2H2,1H3,(H,18,19). The van der Waals surface area contributed by atoms with Crippen molar-refractivity contribution in [2.75, 3.05) is 6.61 Å². The van der Waals surface area contributed by atoms with Crippen LogP contribution < -0.4 is 4.74 Å². The first-order chi connectivity index (χ1) is 9.52. The molecule has 0 spiro atoms. The molecule has 0 heterocycles. The summed E-state index contributed by atoms with van der Waals surface area (Å²) in [5.74, 6) is -0.580. The quantitative estimate of drug-likeness (QED) is 0.899. The van der Waals surface area contributed by atoms with Crippen LogP contribution >= 0.6 is 11.6 Å². The van der Waals surface area contributed by atoms with Gasteiger partial charge in [0.05, 0.1) is 17.2 Å². The number of aromatic carboxylic acids is 1. The maximum absolute atomic E-state index is 10.8. The highest BCUT2D eigenvalue weighted by molar-refractivity contribution is 6.33. The summed E-state index contributed by atoms with van der Waals surface area (Å²) in [5.41, 5.74) is 1.11. The average Bonchev–Trinajstić information content (AvgIpc) is 2.40. The highest BCUT2D eigenvalue weighted by atomic mass is 35.5. The monoisotopic (exact) mass is 292 g/mol. The molecule has 0 aliphatic carbocycles. The van der Waals surface area contributed by atoms with Gasteiger partial charge >= 0.3 is 5.97 Å². The summed E-state index contributed by atoms with van der Waals surface area (Å²) in [5, 5.41) is 19.2. The first-order valence-electron chi connectivity index (χ1n) is 6.02. The van der Waals surface area contributed by atoms with Gasteiger partial charge in [0.25, 0.3) is 0 Å². The Balaban J connectivity index is 2.44. The second-order valence-electron chi connectivity index (χ2n) is 4.11. The topological polar surface area (TPSA) is 66.8 Å². The number of rotatable bonds is 4. The number of phenols is 1. The summed E-state index contributed by atoms with van der Waals surface area (Å²) in [6, 6.07) is 9.28. The Hall–Kier alpha value is -2.20. The van der Waals surface area contributed by atoms with Crippen molar-refractivity contribution < 1.29 is 19.7 Å². The van der Waals surface area contributed by atoms with E-state index < -0.39 is 5.97 Å². The van der Waals surface area contributed by atoms with Crippen molar-refractivity contribution in [3.05, 3.63) is 47.0 Å². The van der Waals surface area contributed by atoms with Crippen LogP contribution in [-0.2, 0) is 0 Å². The lowest BCUT2D eigenvalue weighted by molar-refractivity contribution is 0.0696. The van der Waals surface area contributed by atoms with E-state index >= 15 is 0 Å². The fourth-order valence-electron chi connectivity index (χ4n) is 1.86. The number of carboxylic acid groups (broad SMARTS) is 1. The lowest BCUT2D eigenvalue weighted by Gasteiger charge is -2.10. The van der Waals surface area contributed by atoms with Gasteiger partial charge in [-0.05, 0) is 43.3 Å². The molecule has 0 atom stereocenters. The van der Waals surface area contributed by atoms with Crippen LogP contribution in [-0.4, -0.2) is 22.8 Å². The van der Waals surface area contributed by atoms with E-state index in [2.05, 4.69) is 0 Å². The van der Waals surface area contributed by atoms with E-state index in [9.17, 15) is 9.90 Å². The molecule has 0 bridgehead atoms. The fourth-order valence-corrected chi connectivity index (χ4v) is 2.14. The smallest absolute Gasteiger partial charge is 0.335 e. The molecule has 0 radical (unpaired) electrons. The van der Waals surface area contributed by atoms with Gasteiger partial charge in [0.2, 0.25) is 0 Å². The van der Waals surface area contributed by atoms with E-state index in [1.807, 2.05) is 6.92 Å². The number of phenolic OH excluding ortho intramolecular Hbond substituents is 1. The highest BCUT2D eigenvalue weighted by Crippen LogP contribution is 2.36. The van der Waals surface area contributed by atoms with Crippen molar-refractivity contribution >= 4 is 17.6 Å². The summed E-state index contributed by atoms with van der Waals surface area (Å²) in [7, 11) is 0. The molecule has 2 rings (SSSR count). The molecule has 2 aromatic carbocycles. The van der Waals surface area contributed by atoms with Gasteiger partial charge in [0.15, 0.2) is 0 Å². The van der Waals surface area contributed by atoms with Crippen LogP contribution in [0.4, 0.5) is 0 Å². The fraction of sp³-hybridized carbons (Fsp3) is 0.133. The number of aromatic hydroxyl groups is 1. The molecule has 0 unspecified atom stereocenters. The molecule has 0 aliphatic rings. The van der Waals surface area contributed by atoms with Crippen LogP contribution in [0.25, 0.3) is 11.1 Å². The number of halogens is 1. The molecular weight excluding hydrogens is 280 g/mol. The van der Waals surface area contributed by atoms with Crippen molar-refractivity contribution in [2.24, 2.45) is 0 Å². The van der Waals surface area contributed by atoms with Gasteiger partial charge in [-0.1, -0.05) is 11.6 Å². The first-order valence-corrected chi connectivity index (χ1v) is 6.39. The summed E-state index contributed by atoms with van der Waals surface area (Å²) in [6.07, 6.45) is 0. The van der Waals surface area contributed by atoms with E-state index in [0.717, 1.165) is 0 Å². The Bertz CT molecular complexity index is 652. The van der Waals surface area contributed by atoms with Crippen LogP contribution in [0.1, 0.15) is 17.3 Å². The zero-order valence-corrected chi connectivity index (χ0v) is 11.5. The second-order valence-corrected chi connectivity index (χ2v) is 4.52. The maximum Gasteiger partial charge on any atom is 0.335 e. The van der Waals surface area contributed by atoms with Crippen molar-refractivity contribution in [3.8, 4) is 22.6 Å². The van der Waals surface area contributed by atoms with Crippen LogP contribution in [0.3, 0.4) is 0 Å². The minimum atomic E-state index is -1.09. The Labute approximate surface area is 121 Å². The third-order valence-corrected chi connectivity index (χ3v) is 3.10. The van der Waals surface area contributed by atoms with E-state index in [-0.39, 0.29) is 11.3 Å². The summed E-state index contributed by atoms with van der Waals surface area (Å²) in [6.45, 7) is 2.41. The number of benzene rings is 2. The van der Waals surface area contributed by atoms with Gasteiger partial charge in [0.1, 0.15) is 11.5 Å². The van der Waals surface area contributed by atoms with Crippen molar-refractivity contribution in [3.63, 3.8) is 0 Å². The number of hydrogen-bond donors (Lipinski definition) is 2. The van der Waals surface area contributed by atoms with Crippen molar-refractivity contribution in [2.45, 2.75) is 6.92 Å². The molecule has 0 amide bonds.